The summed E-state index contributed by atoms with van der Waals surface area (Å²) in [5.41, 5.74) is 1.01. The van der Waals surface area contributed by atoms with Gasteiger partial charge in [-0.1, -0.05) is 18.2 Å². The second-order valence-electron chi connectivity index (χ2n) is 4.87. The molecular weight excluding hydrogens is 260 g/mol. The maximum absolute atomic E-state index is 12.3. The van der Waals surface area contributed by atoms with Gasteiger partial charge >= 0.3 is 0 Å². The van der Waals surface area contributed by atoms with Gasteiger partial charge in [0.15, 0.2) is 0 Å². The molecule has 1 saturated heterocycles. The van der Waals surface area contributed by atoms with E-state index in [1.54, 1.807) is 0 Å². The molecule has 0 bridgehead atoms. The van der Waals surface area contributed by atoms with Crippen molar-refractivity contribution in [3.8, 4) is 0 Å². The number of halogens is 1. The monoisotopic (exact) mass is 282 g/mol. The number of hydrogen-bond acceptors (Lipinski definition) is 2. The van der Waals surface area contributed by atoms with Gasteiger partial charge < -0.3 is 10.2 Å². The molecule has 106 valence electrons. The predicted octanol–water partition coefficient (Wildman–Crippen LogP) is 2.85. The highest BCUT2D eigenvalue weighted by Gasteiger charge is 2.20. The van der Waals surface area contributed by atoms with Gasteiger partial charge in [-0.3, -0.25) is 4.79 Å². The highest BCUT2D eigenvalue weighted by molar-refractivity contribution is 5.93. The molecule has 1 aromatic carbocycles. The highest BCUT2D eigenvalue weighted by atomic mass is 35.5. The number of amides is 1. The van der Waals surface area contributed by atoms with Gasteiger partial charge in [0, 0.05) is 18.7 Å². The Labute approximate surface area is 121 Å². The third-order valence-electron chi connectivity index (χ3n) is 3.61. The first-order valence-electron chi connectivity index (χ1n) is 6.87. The molecule has 1 aromatic rings. The number of nitrogens with zero attached hydrogens (tertiary/aromatic N) is 1. The molecule has 19 heavy (non-hydrogen) atoms. The molecule has 0 aliphatic carbocycles. The molecule has 1 aliphatic rings. The van der Waals surface area contributed by atoms with Crippen molar-refractivity contribution in [1.29, 1.82) is 0 Å². The van der Waals surface area contributed by atoms with E-state index in [0.29, 0.717) is 12.3 Å². The number of carbonyl (C=O) groups is 1. The summed E-state index contributed by atoms with van der Waals surface area (Å²) in [5, 5.41) is 3.34. The van der Waals surface area contributed by atoms with Crippen molar-refractivity contribution >= 4 is 24.0 Å². The molecular formula is C15H23ClN2O. The van der Waals surface area contributed by atoms with Crippen molar-refractivity contribution in [3.05, 3.63) is 30.3 Å². The normalized spacial score (nSPS) is 15.6. The molecule has 0 radical (unpaired) electrons. The lowest BCUT2D eigenvalue weighted by molar-refractivity contribution is -0.119. The summed E-state index contributed by atoms with van der Waals surface area (Å²) in [6.45, 7) is 4.88. The second kappa shape index (κ2) is 8.18. The molecule has 1 aliphatic heterocycles. The Morgan fingerprint density at radius 2 is 1.89 bits per heavy atom. The van der Waals surface area contributed by atoms with Crippen molar-refractivity contribution < 1.29 is 4.79 Å². The molecule has 0 saturated carbocycles. The first-order chi connectivity index (χ1) is 8.81. The van der Waals surface area contributed by atoms with Gasteiger partial charge in [0.1, 0.15) is 0 Å². The van der Waals surface area contributed by atoms with Crippen LogP contribution in [0.4, 0.5) is 5.69 Å². The fourth-order valence-corrected chi connectivity index (χ4v) is 2.55. The van der Waals surface area contributed by atoms with Crippen molar-refractivity contribution in [2.75, 3.05) is 24.5 Å². The Hall–Kier alpha value is -1.06. The Morgan fingerprint density at radius 1 is 1.26 bits per heavy atom. The Kier molecular flexibility index (Phi) is 6.89. The van der Waals surface area contributed by atoms with Crippen LogP contribution in [-0.4, -0.2) is 25.5 Å². The number of nitrogens with one attached hydrogen (secondary N) is 1. The van der Waals surface area contributed by atoms with Gasteiger partial charge in [-0.15, -0.1) is 12.4 Å². The lowest BCUT2D eigenvalue weighted by Gasteiger charge is -2.26. The molecule has 0 atom stereocenters. The van der Waals surface area contributed by atoms with E-state index in [0.717, 1.165) is 38.2 Å². The molecule has 1 fully saturated rings. The summed E-state index contributed by atoms with van der Waals surface area (Å²) in [7, 11) is 0. The average Bonchev–Trinajstić information content (AvgIpc) is 2.42. The minimum Gasteiger partial charge on any atom is -0.317 e. The standard InChI is InChI=1S/C15H22N2O.ClH/c1-2-17(14-6-4-3-5-7-14)15(18)12-13-8-10-16-11-9-13;/h3-7,13,16H,2,8-12H2,1H3;1H. The van der Waals surface area contributed by atoms with Crippen LogP contribution < -0.4 is 10.2 Å². The molecule has 0 aromatic heterocycles. The molecule has 0 spiro atoms. The predicted molar refractivity (Wildman–Crippen MR) is 81.9 cm³/mol. The van der Waals surface area contributed by atoms with Crippen LogP contribution in [0.25, 0.3) is 0 Å². The van der Waals surface area contributed by atoms with E-state index in [4.69, 9.17) is 0 Å². The molecule has 2 rings (SSSR count). The summed E-state index contributed by atoms with van der Waals surface area (Å²) in [4.78, 5) is 14.2. The second-order valence-corrected chi connectivity index (χ2v) is 4.87. The smallest absolute Gasteiger partial charge is 0.227 e. The maximum Gasteiger partial charge on any atom is 0.227 e. The van der Waals surface area contributed by atoms with Crippen LogP contribution in [0.3, 0.4) is 0 Å². The molecule has 3 nitrogen and oxygen atoms in total. The highest BCUT2D eigenvalue weighted by Crippen LogP contribution is 2.20. The van der Waals surface area contributed by atoms with Crippen molar-refractivity contribution in [2.24, 2.45) is 5.92 Å². The van der Waals surface area contributed by atoms with Crippen LogP contribution in [0.5, 0.6) is 0 Å². The topological polar surface area (TPSA) is 32.3 Å². The zero-order valence-electron chi connectivity index (χ0n) is 11.5. The van der Waals surface area contributed by atoms with Gasteiger partial charge in [0.2, 0.25) is 5.91 Å². The van der Waals surface area contributed by atoms with Crippen LogP contribution in [0.2, 0.25) is 0 Å². The van der Waals surface area contributed by atoms with Crippen LogP contribution in [0.1, 0.15) is 26.2 Å². The summed E-state index contributed by atoms with van der Waals surface area (Å²) >= 11 is 0. The van der Waals surface area contributed by atoms with E-state index in [9.17, 15) is 4.79 Å². The van der Waals surface area contributed by atoms with E-state index >= 15 is 0 Å². The van der Waals surface area contributed by atoms with Gasteiger partial charge in [-0.05, 0) is 50.9 Å². The number of anilines is 1. The number of hydrogen-bond donors (Lipinski definition) is 1. The van der Waals surface area contributed by atoms with E-state index in [-0.39, 0.29) is 18.3 Å². The minimum atomic E-state index is 0. The fraction of sp³-hybridized carbons (Fsp3) is 0.533. The SMILES string of the molecule is CCN(C(=O)CC1CCNCC1)c1ccccc1.Cl. The number of carbonyl (C=O) groups excluding carboxylic acids is 1. The fourth-order valence-electron chi connectivity index (χ4n) is 2.55. The van der Waals surface area contributed by atoms with Gasteiger partial charge in [-0.2, -0.15) is 0 Å². The Balaban J connectivity index is 0.00000180. The van der Waals surface area contributed by atoms with Gasteiger partial charge in [0.05, 0.1) is 0 Å². The van der Waals surface area contributed by atoms with Crippen LogP contribution in [-0.2, 0) is 4.79 Å². The van der Waals surface area contributed by atoms with Crippen molar-refractivity contribution in [1.82, 2.24) is 5.32 Å². The molecule has 1 N–H and O–H groups in total. The third kappa shape index (κ3) is 4.51. The summed E-state index contributed by atoms with van der Waals surface area (Å²) in [5.74, 6) is 0.812. The quantitative estimate of drug-likeness (QED) is 0.921. The molecule has 1 amide bonds. The summed E-state index contributed by atoms with van der Waals surface area (Å²) in [6, 6.07) is 9.95. The zero-order chi connectivity index (χ0) is 12.8. The van der Waals surface area contributed by atoms with E-state index in [2.05, 4.69) is 5.32 Å². The van der Waals surface area contributed by atoms with Gasteiger partial charge in [0.25, 0.3) is 0 Å². The molecule has 4 heteroatoms. The first-order valence-corrected chi connectivity index (χ1v) is 6.87. The van der Waals surface area contributed by atoms with E-state index in [1.165, 1.54) is 0 Å². The van der Waals surface area contributed by atoms with E-state index in [1.807, 2.05) is 42.2 Å². The van der Waals surface area contributed by atoms with E-state index < -0.39 is 0 Å². The number of benzene rings is 1. The van der Waals surface area contributed by atoms with Crippen LogP contribution >= 0.6 is 12.4 Å². The first kappa shape index (κ1) is 16.0. The summed E-state index contributed by atoms with van der Waals surface area (Å²) < 4.78 is 0. The molecule has 0 unspecified atom stereocenters. The lowest BCUT2D eigenvalue weighted by atomic mass is 9.94. The number of piperidine rings is 1. The van der Waals surface area contributed by atoms with Crippen molar-refractivity contribution in [2.45, 2.75) is 26.2 Å². The average molecular weight is 283 g/mol. The third-order valence-corrected chi connectivity index (χ3v) is 3.61. The van der Waals surface area contributed by atoms with Crippen LogP contribution in [0, 0.1) is 5.92 Å². The Morgan fingerprint density at radius 3 is 2.47 bits per heavy atom. The van der Waals surface area contributed by atoms with Crippen molar-refractivity contribution in [3.63, 3.8) is 0 Å². The molecule has 1 heterocycles. The lowest BCUT2D eigenvalue weighted by Crippen LogP contribution is -2.35. The maximum atomic E-state index is 12.3. The number of rotatable bonds is 4. The Bertz CT molecular complexity index is 377. The summed E-state index contributed by atoms with van der Waals surface area (Å²) in [6.07, 6.45) is 2.93. The van der Waals surface area contributed by atoms with Gasteiger partial charge in [-0.25, -0.2) is 0 Å². The minimum absolute atomic E-state index is 0. The largest absolute Gasteiger partial charge is 0.317 e. The number of para-hydroxylation sites is 1. The van der Waals surface area contributed by atoms with Crippen LogP contribution in [0.15, 0.2) is 30.3 Å². The zero-order valence-corrected chi connectivity index (χ0v) is 12.3.